The van der Waals surface area contributed by atoms with Crippen LogP contribution in [0.3, 0.4) is 0 Å². The fourth-order valence-corrected chi connectivity index (χ4v) is 2.63. The van der Waals surface area contributed by atoms with E-state index < -0.39 is 21.6 Å². The molecular weight excluding hydrogens is 216 g/mol. The van der Waals surface area contributed by atoms with Crippen molar-refractivity contribution < 1.29 is 17.9 Å². The molecule has 0 N–H and O–H groups in total. The summed E-state index contributed by atoms with van der Waals surface area (Å²) in [7, 11) is -2.41. The highest BCUT2D eigenvalue weighted by molar-refractivity contribution is 7.92. The number of methoxy groups -OCH3 is 1. The number of esters is 1. The third-order valence-corrected chi connectivity index (χ3v) is 3.71. The van der Waals surface area contributed by atoms with E-state index in [0.717, 1.165) is 7.11 Å². The summed E-state index contributed by atoms with van der Waals surface area (Å²) in [5.74, 6) is -1.37. The van der Waals surface area contributed by atoms with Gasteiger partial charge in [-0.1, -0.05) is 18.2 Å². The van der Waals surface area contributed by atoms with E-state index in [1.54, 1.807) is 25.1 Å². The zero-order valence-electron chi connectivity index (χ0n) is 8.56. The van der Waals surface area contributed by atoms with Crippen LogP contribution in [-0.2, 0) is 19.4 Å². The maximum atomic E-state index is 11.7. The molecule has 0 fully saturated rings. The van der Waals surface area contributed by atoms with Gasteiger partial charge in [-0.2, -0.15) is 0 Å². The predicted octanol–water partition coefficient (Wildman–Crippen LogP) is 0.942. The van der Waals surface area contributed by atoms with Crippen LogP contribution in [0.2, 0.25) is 0 Å². The van der Waals surface area contributed by atoms with E-state index in [2.05, 4.69) is 4.74 Å². The van der Waals surface area contributed by atoms with Crippen molar-refractivity contribution in [3.63, 3.8) is 0 Å². The maximum Gasteiger partial charge on any atom is 0.321 e. The second-order valence-corrected chi connectivity index (χ2v) is 5.06. The Bertz CT molecular complexity index is 462. The molecule has 5 heteroatoms. The molecular formula is C10H12O4S. The summed E-state index contributed by atoms with van der Waals surface area (Å²) in [6, 6.07) is 6.53. The SMILES string of the molecule is COC(=O)CS(=O)(=O)c1ccccc1C. The molecule has 0 amide bonds. The minimum absolute atomic E-state index is 0.176. The highest BCUT2D eigenvalue weighted by atomic mass is 32.2. The first-order chi connectivity index (χ1) is 6.97. The van der Waals surface area contributed by atoms with Gasteiger partial charge in [-0.25, -0.2) is 8.42 Å². The number of rotatable bonds is 3. The number of sulfone groups is 1. The van der Waals surface area contributed by atoms with Gasteiger partial charge in [0, 0.05) is 0 Å². The second kappa shape index (κ2) is 4.44. The highest BCUT2D eigenvalue weighted by Crippen LogP contribution is 2.15. The zero-order valence-corrected chi connectivity index (χ0v) is 9.37. The largest absolute Gasteiger partial charge is 0.468 e. The van der Waals surface area contributed by atoms with E-state index in [1.165, 1.54) is 6.07 Å². The van der Waals surface area contributed by atoms with Crippen molar-refractivity contribution in [3.05, 3.63) is 29.8 Å². The lowest BCUT2D eigenvalue weighted by Gasteiger charge is -2.05. The van der Waals surface area contributed by atoms with Crippen LogP contribution < -0.4 is 0 Å². The Morgan fingerprint density at radius 2 is 1.93 bits per heavy atom. The molecule has 0 heterocycles. The summed E-state index contributed by atoms with van der Waals surface area (Å²) in [5, 5.41) is 0. The molecule has 0 radical (unpaired) electrons. The number of benzene rings is 1. The van der Waals surface area contributed by atoms with Gasteiger partial charge in [0.15, 0.2) is 15.6 Å². The van der Waals surface area contributed by atoms with Gasteiger partial charge in [-0.05, 0) is 18.6 Å². The van der Waals surface area contributed by atoms with Gasteiger partial charge in [0.2, 0.25) is 0 Å². The number of hydrogen-bond acceptors (Lipinski definition) is 4. The van der Waals surface area contributed by atoms with E-state index in [1.807, 2.05) is 0 Å². The number of carbonyl (C=O) groups excluding carboxylic acids is 1. The molecule has 0 spiro atoms. The molecule has 0 aromatic heterocycles. The Labute approximate surface area is 88.8 Å². The van der Waals surface area contributed by atoms with Crippen LogP contribution in [0.25, 0.3) is 0 Å². The quantitative estimate of drug-likeness (QED) is 0.722. The van der Waals surface area contributed by atoms with E-state index in [0.29, 0.717) is 5.56 Å². The highest BCUT2D eigenvalue weighted by Gasteiger charge is 2.20. The van der Waals surface area contributed by atoms with Crippen molar-refractivity contribution in [1.29, 1.82) is 0 Å². The Hall–Kier alpha value is -1.36. The fraction of sp³-hybridized carbons (Fsp3) is 0.300. The first kappa shape index (κ1) is 11.7. The molecule has 0 aliphatic heterocycles. The van der Waals surface area contributed by atoms with Gasteiger partial charge < -0.3 is 4.74 Å². The molecule has 0 aliphatic carbocycles. The Balaban J connectivity index is 3.07. The summed E-state index contributed by atoms with van der Waals surface area (Å²) in [6.07, 6.45) is 0. The number of carbonyl (C=O) groups is 1. The molecule has 1 aromatic rings. The van der Waals surface area contributed by atoms with E-state index in [9.17, 15) is 13.2 Å². The second-order valence-electron chi connectivity index (χ2n) is 3.10. The van der Waals surface area contributed by atoms with Crippen LogP contribution in [0.4, 0.5) is 0 Å². The van der Waals surface area contributed by atoms with Gasteiger partial charge in [-0.3, -0.25) is 4.79 Å². The predicted molar refractivity (Wildman–Crippen MR) is 55.2 cm³/mol. The van der Waals surface area contributed by atoms with Gasteiger partial charge in [0.05, 0.1) is 12.0 Å². The van der Waals surface area contributed by atoms with Gasteiger partial charge in [-0.15, -0.1) is 0 Å². The molecule has 0 aliphatic rings. The smallest absolute Gasteiger partial charge is 0.321 e. The monoisotopic (exact) mass is 228 g/mol. The van der Waals surface area contributed by atoms with E-state index in [-0.39, 0.29) is 4.90 Å². The van der Waals surface area contributed by atoms with Crippen molar-refractivity contribution in [2.45, 2.75) is 11.8 Å². The van der Waals surface area contributed by atoms with Crippen molar-refractivity contribution >= 4 is 15.8 Å². The molecule has 1 aromatic carbocycles. The fourth-order valence-electron chi connectivity index (χ4n) is 1.20. The number of ether oxygens (including phenoxy) is 1. The van der Waals surface area contributed by atoms with Gasteiger partial charge in [0.1, 0.15) is 0 Å². The molecule has 15 heavy (non-hydrogen) atoms. The topological polar surface area (TPSA) is 60.4 Å². The number of aryl methyl sites for hydroxylation is 1. The average Bonchev–Trinajstić information content (AvgIpc) is 2.17. The molecule has 0 unspecified atom stereocenters. The zero-order chi connectivity index (χ0) is 11.5. The maximum absolute atomic E-state index is 11.7. The number of hydrogen-bond donors (Lipinski definition) is 0. The van der Waals surface area contributed by atoms with Crippen LogP contribution in [-0.4, -0.2) is 27.2 Å². The van der Waals surface area contributed by atoms with Gasteiger partial charge >= 0.3 is 5.97 Å². The molecule has 0 saturated heterocycles. The molecule has 0 atom stereocenters. The van der Waals surface area contributed by atoms with Gasteiger partial charge in [0.25, 0.3) is 0 Å². The molecule has 0 saturated carbocycles. The Morgan fingerprint density at radius 3 is 2.47 bits per heavy atom. The van der Waals surface area contributed by atoms with Crippen molar-refractivity contribution in [1.82, 2.24) is 0 Å². The van der Waals surface area contributed by atoms with Crippen LogP contribution >= 0.6 is 0 Å². The van der Waals surface area contributed by atoms with E-state index in [4.69, 9.17) is 0 Å². The third kappa shape index (κ3) is 2.79. The lowest BCUT2D eigenvalue weighted by atomic mass is 10.2. The summed E-state index contributed by atoms with van der Waals surface area (Å²) >= 11 is 0. The van der Waals surface area contributed by atoms with Crippen LogP contribution in [0.1, 0.15) is 5.56 Å². The van der Waals surface area contributed by atoms with Crippen molar-refractivity contribution in [2.24, 2.45) is 0 Å². The third-order valence-electron chi connectivity index (χ3n) is 1.96. The van der Waals surface area contributed by atoms with Crippen LogP contribution in [0.15, 0.2) is 29.2 Å². The molecule has 82 valence electrons. The Morgan fingerprint density at radius 1 is 1.33 bits per heavy atom. The molecule has 4 nitrogen and oxygen atoms in total. The minimum Gasteiger partial charge on any atom is -0.468 e. The lowest BCUT2D eigenvalue weighted by molar-refractivity contribution is -0.137. The summed E-state index contributed by atoms with van der Waals surface area (Å²) < 4.78 is 27.8. The minimum atomic E-state index is -3.58. The van der Waals surface area contributed by atoms with Crippen molar-refractivity contribution in [3.8, 4) is 0 Å². The standard InChI is InChI=1S/C10H12O4S/c1-8-5-3-4-6-9(8)15(12,13)7-10(11)14-2/h3-6H,7H2,1-2H3. The molecule has 1 rings (SSSR count). The Kier molecular flexibility index (Phi) is 3.47. The van der Waals surface area contributed by atoms with Crippen LogP contribution in [0, 0.1) is 6.92 Å². The lowest BCUT2D eigenvalue weighted by Crippen LogP contribution is -2.18. The molecule has 0 bridgehead atoms. The first-order valence-electron chi connectivity index (χ1n) is 4.32. The van der Waals surface area contributed by atoms with Crippen LogP contribution in [0.5, 0.6) is 0 Å². The van der Waals surface area contributed by atoms with E-state index >= 15 is 0 Å². The average molecular weight is 228 g/mol. The summed E-state index contributed by atoms with van der Waals surface area (Å²) in [5.41, 5.74) is 0.626. The summed E-state index contributed by atoms with van der Waals surface area (Å²) in [4.78, 5) is 11.1. The van der Waals surface area contributed by atoms with Crippen molar-refractivity contribution in [2.75, 3.05) is 12.9 Å². The first-order valence-corrected chi connectivity index (χ1v) is 5.98. The summed E-state index contributed by atoms with van der Waals surface area (Å²) in [6.45, 7) is 1.68. The normalized spacial score (nSPS) is 11.1.